The van der Waals surface area contributed by atoms with Gasteiger partial charge in [0.1, 0.15) is 0 Å². The largest absolute Gasteiger partial charge is 0.179 e. The lowest BCUT2D eigenvalue weighted by Crippen LogP contribution is -2.34. The van der Waals surface area contributed by atoms with Crippen LogP contribution in [-0.4, -0.2) is 230 Å². The number of hydrogen-bond donors (Lipinski definition) is 6. The van der Waals surface area contributed by atoms with Gasteiger partial charge < -0.3 is 0 Å². The average Bonchev–Trinajstić information content (AvgIpc) is 3.31. The smallest absolute Gasteiger partial charge is 0.00650 e. The summed E-state index contributed by atoms with van der Waals surface area (Å²) in [6.45, 7) is 0. The van der Waals surface area contributed by atoms with Crippen molar-refractivity contribution in [1.82, 2.24) is 0 Å². The lowest BCUT2D eigenvalue weighted by atomic mass is 9.99. The molecule has 0 atom stereocenters. The molecule has 0 N–H and O–H groups in total. The summed E-state index contributed by atoms with van der Waals surface area (Å²) in [5, 5.41) is 0. The molecule has 0 saturated carbocycles. The van der Waals surface area contributed by atoms with Crippen LogP contribution in [0.4, 0.5) is 0 Å². The molecule has 392 valence electrons. The summed E-state index contributed by atoms with van der Waals surface area (Å²) in [5.41, 5.74) is 0.831. The molecule has 0 heterocycles. The Kier molecular flexibility index (Phi) is 68.9. The van der Waals surface area contributed by atoms with E-state index >= 15 is 0 Å². The molecule has 0 nitrogen and oxygen atoms in total. The van der Waals surface area contributed by atoms with E-state index in [2.05, 4.69) is 276 Å². The van der Waals surface area contributed by atoms with E-state index in [9.17, 15) is 0 Å². The topological polar surface area (TPSA) is 0 Å². The Bertz CT molecular complexity index is 750. The van der Waals surface area contributed by atoms with Crippen LogP contribution in [0.15, 0.2) is 0 Å². The third-order valence-electron chi connectivity index (χ3n) is 8.40. The first-order valence-corrected chi connectivity index (χ1v) is 46.0. The van der Waals surface area contributed by atoms with Gasteiger partial charge in [0, 0.05) is 206 Å². The van der Waals surface area contributed by atoms with Crippen molar-refractivity contribution in [3.8, 4) is 0 Å². The molecule has 0 aliphatic heterocycles. The van der Waals surface area contributed by atoms with Gasteiger partial charge in [0.25, 0.3) is 0 Å². The van der Waals surface area contributed by atoms with Crippen molar-refractivity contribution >= 4 is 276 Å². The maximum Gasteiger partial charge on any atom is 0.00650 e. The van der Waals surface area contributed by atoms with Crippen LogP contribution in [0.25, 0.3) is 0 Å². The quantitative estimate of drug-likeness (QED) is 0.0253. The Balaban J connectivity index is 4.77. The van der Waals surface area contributed by atoms with E-state index in [1.807, 2.05) is 0 Å². The van der Waals surface area contributed by atoms with Gasteiger partial charge in [-0.2, -0.15) is 276 Å². The highest BCUT2D eigenvalue weighted by atomic mass is 32.2. The fourth-order valence-electron chi connectivity index (χ4n) is 5.29. The molecule has 0 aromatic rings. The zero-order valence-corrected chi connectivity index (χ0v) is 58.2. The summed E-state index contributed by atoms with van der Waals surface area (Å²) < 4.78 is 0. The van der Waals surface area contributed by atoms with E-state index in [4.69, 9.17) is 0 Å². The standard InChI is InChI=1S/C42H86S23/c43-1-7-49-17-25-58-33-41(34-59-26-18-50-8-2-44,35-60-27-19-51-9-3-45)39-64-31-23-56-15-13-55-14-16-57-24-32-65-40-42(36-61-28-20-52-10-4-46,37-62-29-21-53-11-5-47)38-63-30-22-54-12-6-48/h43-48H,1-40H2. The third kappa shape index (κ3) is 52.5. The van der Waals surface area contributed by atoms with Crippen molar-refractivity contribution in [3.05, 3.63) is 0 Å². The van der Waals surface area contributed by atoms with Crippen molar-refractivity contribution in [3.63, 3.8) is 0 Å². The fraction of sp³-hybridized carbons (Fsp3) is 1.00. The van der Waals surface area contributed by atoms with Gasteiger partial charge >= 0.3 is 0 Å². The van der Waals surface area contributed by atoms with Gasteiger partial charge in [-0.1, -0.05) is 0 Å². The summed E-state index contributed by atoms with van der Waals surface area (Å²) in [7, 11) is 0. The second-order valence-corrected chi connectivity index (χ2v) is 36.8. The van der Waals surface area contributed by atoms with Crippen molar-refractivity contribution in [1.29, 1.82) is 0 Å². The van der Waals surface area contributed by atoms with Gasteiger partial charge in [-0.15, -0.1) is 0 Å². The van der Waals surface area contributed by atoms with Crippen LogP contribution >= 0.6 is 276 Å². The van der Waals surface area contributed by atoms with Gasteiger partial charge in [-0.05, 0) is 34.5 Å². The number of rotatable bonds is 58. The van der Waals surface area contributed by atoms with Crippen LogP contribution < -0.4 is 0 Å². The molecule has 0 aliphatic rings. The maximum absolute atomic E-state index is 4.42. The van der Waals surface area contributed by atoms with E-state index in [1.165, 1.54) is 196 Å². The molecule has 0 aromatic carbocycles. The predicted octanol–water partition coefficient (Wildman–Crippen LogP) is 15.0. The van der Waals surface area contributed by atoms with Gasteiger partial charge in [-0.3, -0.25) is 0 Å². The minimum atomic E-state index is 0.416. The summed E-state index contributed by atoms with van der Waals surface area (Å²) in [5.74, 6) is 48.9. The molecule has 0 spiro atoms. The number of thiol groups is 6. The Labute approximate surface area is 509 Å². The number of thioether (sulfide) groups is 17. The normalized spacial score (nSPS) is 12.3. The zero-order chi connectivity index (χ0) is 47.3. The molecule has 0 fully saturated rings. The highest BCUT2D eigenvalue weighted by Crippen LogP contribution is 2.38. The van der Waals surface area contributed by atoms with Crippen molar-refractivity contribution in [2.45, 2.75) is 0 Å². The summed E-state index contributed by atoms with van der Waals surface area (Å²) in [4.78, 5) is 0. The summed E-state index contributed by atoms with van der Waals surface area (Å²) in [6.07, 6.45) is 0. The van der Waals surface area contributed by atoms with Crippen LogP contribution in [0, 0.1) is 10.8 Å². The van der Waals surface area contributed by atoms with Crippen molar-refractivity contribution in [2.75, 3.05) is 230 Å². The van der Waals surface area contributed by atoms with Gasteiger partial charge in [0.2, 0.25) is 0 Å². The second kappa shape index (κ2) is 61.3. The molecule has 0 rings (SSSR count). The molecular weight excluding hydrogens is 1240 g/mol. The highest BCUT2D eigenvalue weighted by Gasteiger charge is 2.31. The first-order chi connectivity index (χ1) is 32.1. The Hall–Kier alpha value is 8.05. The molecule has 0 radical (unpaired) electrons. The molecule has 0 amide bonds. The van der Waals surface area contributed by atoms with Gasteiger partial charge in [-0.25, -0.2) is 0 Å². The summed E-state index contributed by atoms with van der Waals surface area (Å²) in [6, 6.07) is 0. The molecule has 0 aromatic heterocycles. The van der Waals surface area contributed by atoms with Crippen LogP contribution in [-0.2, 0) is 0 Å². The van der Waals surface area contributed by atoms with Crippen molar-refractivity contribution in [2.24, 2.45) is 10.8 Å². The van der Waals surface area contributed by atoms with Crippen molar-refractivity contribution < 1.29 is 0 Å². The predicted molar refractivity (Wildman–Crippen MR) is 383 cm³/mol. The molecule has 0 aliphatic carbocycles. The monoisotopic (exact) mass is 1330 g/mol. The van der Waals surface area contributed by atoms with Crippen LogP contribution in [0.3, 0.4) is 0 Å². The van der Waals surface area contributed by atoms with E-state index in [-0.39, 0.29) is 0 Å². The van der Waals surface area contributed by atoms with Gasteiger partial charge in [0.05, 0.1) is 0 Å². The molecule has 23 heteroatoms. The Morgan fingerprint density at radius 2 is 0.262 bits per heavy atom. The number of hydrogen-bond acceptors (Lipinski definition) is 23. The molecule has 0 unspecified atom stereocenters. The zero-order valence-electron chi connectivity index (χ0n) is 38.9. The fourth-order valence-corrected chi connectivity index (χ4v) is 28.3. The lowest BCUT2D eigenvalue weighted by molar-refractivity contribution is 0.516. The highest BCUT2D eigenvalue weighted by molar-refractivity contribution is 8.08. The Morgan fingerprint density at radius 3 is 0.385 bits per heavy atom. The molecular formula is C42H86S23. The van der Waals surface area contributed by atoms with Crippen LogP contribution in [0.1, 0.15) is 0 Å². The molecule has 0 saturated heterocycles. The average molecular weight is 1330 g/mol. The van der Waals surface area contributed by atoms with E-state index in [0.717, 1.165) is 34.5 Å². The van der Waals surface area contributed by atoms with E-state index in [1.54, 1.807) is 0 Å². The SMILES string of the molecule is SCCSCCSCC(CSCCSCCS)(CSCCSCCS)CSCCSCCSCCSCCSCC(CSCCSCCS)(CSCCSCCS)CSCCSCCS. The van der Waals surface area contributed by atoms with E-state index in [0.29, 0.717) is 10.8 Å². The first kappa shape index (κ1) is 73.0. The minimum absolute atomic E-state index is 0.416. The molecule has 0 bridgehead atoms. The minimum Gasteiger partial charge on any atom is -0.179 e. The second-order valence-electron chi connectivity index (χ2n) is 14.3. The maximum atomic E-state index is 4.42. The Morgan fingerprint density at radius 1 is 0.154 bits per heavy atom. The molecule has 65 heavy (non-hydrogen) atoms. The lowest BCUT2D eigenvalue weighted by Gasteiger charge is -2.33. The van der Waals surface area contributed by atoms with Crippen LogP contribution in [0.5, 0.6) is 0 Å². The van der Waals surface area contributed by atoms with Crippen LogP contribution in [0.2, 0.25) is 0 Å². The first-order valence-electron chi connectivity index (χ1n) is 22.5. The van der Waals surface area contributed by atoms with E-state index < -0.39 is 0 Å². The third-order valence-corrected chi connectivity index (χ3v) is 33.5. The van der Waals surface area contributed by atoms with Gasteiger partial charge in [0.15, 0.2) is 0 Å². The summed E-state index contributed by atoms with van der Waals surface area (Å²) >= 11 is 63.3.